The van der Waals surface area contributed by atoms with Crippen LogP contribution in [0.4, 0.5) is 0 Å². The Balaban J connectivity index is 2.06. The molecule has 2 nitrogen and oxygen atoms in total. The average Bonchev–Trinajstić information content (AvgIpc) is 2.40. The molecule has 0 saturated carbocycles. The number of hydrogen-bond donors (Lipinski definition) is 1. The topological polar surface area (TPSA) is 29.3 Å². The molecule has 0 saturated heterocycles. The molecule has 2 aromatic rings. The van der Waals surface area contributed by atoms with Gasteiger partial charge in [-0.25, -0.2) is 0 Å². The van der Waals surface area contributed by atoms with Crippen LogP contribution in [0.25, 0.3) is 0 Å². The first-order chi connectivity index (χ1) is 9.95. The van der Waals surface area contributed by atoms with Crippen LogP contribution in [0, 0.1) is 0 Å². The largest absolute Gasteiger partial charge is 0.389 e. The maximum atomic E-state index is 6.30. The van der Waals surface area contributed by atoms with Gasteiger partial charge in [-0.15, -0.1) is 0 Å². The molecule has 0 aliphatic heterocycles. The van der Waals surface area contributed by atoms with Crippen molar-refractivity contribution in [3.05, 3.63) is 68.7 Å². The van der Waals surface area contributed by atoms with Crippen molar-refractivity contribution in [2.75, 3.05) is 7.05 Å². The predicted octanol–water partition coefficient (Wildman–Crippen LogP) is 4.37. The molecule has 5 heteroatoms. The Morgan fingerprint density at radius 2 is 2.00 bits per heavy atom. The van der Waals surface area contributed by atoms with Gasteiger partial charge < -0.3 is 5.73 Å². The third-order valence-corrected chi connectivity index (χ3v) is 4.20. The summed E-state index contributed by atoms with van der Waals surface area (Å²) in [5.41, 5.74) is 8.72. The second-order valence-electron chi connectivity index (χ2n) is 4.97. The second-order valence-corrected chi connectivity index (χ2v) is 6.74. The molecule has 0 aromatic heterocycles. The zero-order valence-corrected chi connectivity index (χ0v) is 14.8. The fourth-order valence-corrected chi connectivity index (χ4v) is 2.94. The highest BCUT2D eigenvalue weighted by Crippen LogP contribution is 2.20. The van der Waals surface area contributed by atoms with E-state index in [0.717, 1.165) is 28.7 Å². The lowest BCUT2D eigenvalue weighted by molar-refractivity contribution is 0.319. The van der Waals surface area contributed by atoms with Crippen molar-refractivity contribution in [2.45, 2.75) is 13.1 Å². The molecular weight excluding hydrogens is 368 g/mol. The van der Waals surface area contributed by atoms with Crippen LogP contribution in [0.5, 0.6) is 0 Å². The zero-order valence-electron chi connectivity index (χ0n) is 11.6. The van der Waals surface area contributed by atoms with Gasteiger partial charge in [-0.1, -0.05) is 64.0 Å². The molecule has 2 aromatic carbocycles. The van der Waals surface area contributed by atoms with Gasteiger partial charge in [-0.05, 0) is 36.4 Å². The minimum Gasteiger partial charge on any atom is -0.389 e. The quantitative estimate of drug-likeness (QED) is 0.777. The smallest absolute Gasteiger partial charge is 0.104 e. The van der Waals surface area contributed by atoms with Crippen LogP contribution in [0.1, 0.15) is 16.7 Å². The number of benzene rings is 2. The van der Waals surface area contributed by atoms with Crippen LogP contribution in [0.3, 0.4) is 0 Å². The summed E-state index contributed by atoms with van der Waals surface area (Å²) < 4.78 is 1.09. The number of nitrogens with two attached hydrogens (primary N) is 1. The van der Waals surface area contributed by atoms with Crippen LogP contribution < -0.4 is 5.73 Å². The highest BCUT2D eigenvalue weighted by atomic mass is 79.9. The number of rotatable bonds is 5. The van der Waals surface area contributed by atoms with E-state index in [1.165, 1.54) is 5.56 Å². The highest BCUT2D eigenvalue weighted by molar-refractivity contribution is 9.10. The Labute approximate surface area is 144 Å². The summed E-state index contributed by atoms with van der Waals surface area (Å²) in [6.07, 6.45) is 0. The number of nitrogens with zero attached hydrogens (tertiary/aromatic N) is 1. The van der Waals surface area contributed by atoms with Gasteiger partial charge in [-0.2, -0.15) is 0 Å². The van der Waals surface area contributed by atoms with Crippen molar-refractivity contribution in [3.8, 4) is 0 Å². The third-order valence-electron chi connectivity index (χ3n) is 3.12. The molecule has 110 valence electrons. The van der Waals surface area contributed by atoms with Gasteiger partial charge in [0.15, 0.2) is 0 Å². The van der Waals surface area contributed by atoms with Gasteiger partial charge in [-0.3, -0.25) is 4.90 Å². The fourth-order valence-electron chi connectivity index (χ4n) is 2.12. The van der Waals surface area contributed by atoms with E-state index in [0.29, 0.717) is 10.0 Å². The molecule has 0 aliphatic carbocycles. The van der Waals surface area contributed by atoms with Gasteiger partial charge in [0, 0.05) is 28.1 Å². The van der Waals surface area contributed by atoms with Crippen molar-refractivity contribution in [2.24, 2.45) is 5.73 Å². The Bertz CT molecular complexity index is 660. The van der Waals surface area contributed by atoms with Gasteiger partial charge in [0.05, 0.1) is 0 Å². The van der Waals surface area contributed by atoms with Crippen LogP contribution in [0.15, 0.2) is 46.9 Å². The average molecular weight is 384 g/mol. The molecule has 21 heavy (non-hydrogen) atoms. The number of hydrogen-bond acceptors (Lipinski definition) is 2. The van der Waals surface area contributed by atoms with Gasteiger partial charge in [0.2, 0.25) is 0 Å². The molecule has 0 aliphatic rings. The summed E-state index contributed by atoms with van der Waals surface area (Å²) in [4.78, 5) is 2.58. The molecule has 0 bridgehead atoms. The first-order valence-electron chi connectivity index (χ1n) is 6.47. The highest BCUT2D eigenvalue weighted by Gasteiger charge is 2.07. The van der Waals surface area contributed by atoms with Gasteiger partial charge in [0.1, 0.15) is 4.99 Å². The lowest BCUT2D eigenvalue weighted by Crippen LogP contribution is -2.18. The molecule has 0 radical (unpaired) electrons. The molecule has 0 heterocycles. The van der Waals surface area contributed by atoms with Crippen molar-refractivity contribution in [3.63, 3.8) is 0 Å². The van der Waals surface area contributed by atoms with E-state index in [9.17, 15) is 0 Å². The Morgan fingerprint density at radius 1 is 1.24 bits per heavy atom. The monoisotopic (exact) mass is 382 g/mol. The Hall–Kier alpha value is -0.940. The standard InChI is InChI=1S/C16H16BrClN2S/c1-20(9-11-3-2-4-14(17)7-11)10-13-6-5-12(16(19)21)8-15(13)18/h2-8H,9-10H2,1H3,(H2,19,21). The third kappa shape index (κ3) is 4.78. The molecule has 2 N–H and O–H groups in total. The molecule has 2 rings (SSSR count). The van der Waals surface area contributed by atoms with Crippen molar-refractivity contribution >= 4 is 44.7 Å². The van der Waals surface area contributed by atoms with Gasteiger partial charge >= 0.3 is 0 Å². The van der Waals surface area contributed by atoms with Crippen LogP contribution in [-0.2, 0) is 13.1 Å². The molecule has 0 fully saturated rings. The molecule has 0 spiro atoms. The maximum absolute atomic E-state index is 6.30. The minimum absolute atomic E-state index is 0.367. The van der Waals surface area contributed by atoms with E-state index in [1.54, 1.807) is 0 Å². The SMILES string of the molecule is CN(Cc1cccc(Br)c1)Cc1ccc(C(N)=S)cc1Cl. The predicted molar refractivity (Wildman–Crippen MR) is 96.7 cm³/mol. The Morgan fingerprint density at radius 3 is 2.62 bits per heavy atom. The molecule has 0 amide bonds. The van der Waals surface area contributed by atoms with E-state index in [-0.39, 0.29) is 0 Å². The Kier molecular flexibility index (Phi) is 5.76. The summed E-state index contributed by atoms with van der Waals surface area (Å²) in [5.74, 6) is 0. The summed E-state index contributed by atoms with van der Waals surface area (Å²) in [7, 11) is 2.07. The molecule has 0 unspecified atom stereocenters. The number of halogens is 2. The summed E-state index contributed by atoms with van der Waals surface area (Å²) in [5, 5.41) is 0.696. The van der Waals surface area contributed by atoms with E-state index in [1.807, 2.05) is 30.3 Å². The van der Waals surface area contributed by atoms with E-state index < -0.39 is 0 Å². The normalized spacial score (nSPS) is 10.9. The maximum Gasteiger partial charge on any atom is 0.104 e. The lowest BCUT2D eigenvalue weighted by Gasteiger charge is -2.18. The second kappa shape index (κ2) is 7.36. The van der Waals surface area contributed by atoms with Crippen LogP contribution in [0.2, 0.25) is 5.02 Å². The fraction of sp³-hybridized carbons (Fsp3) is 0.188. The van der Waals surface area contributed by atoms with Crippen LogP contribution in [-0.4, -0.2) is 16.9 Å². The van der Waals surface area contributed by atoms with Gasteiger partial charge in [0.25, 0.3) is 0 Å². The van der Waals surface area contributed by atoms with E-state index in [2.05, 4.69) is 40.0 Å². The van der Waals surface area contributed by atoms with Crippen molar-refractivity contribution < 1.29 is 0 Å². The first-order valence-corrected chi connectivity index (χ1v) is 8.05. The molecule has 0 atom stereocenters. The van der Waals surface area contributed by atoms with E-state index >= 15 is 0 Å². The lowest BCUT2D eigenvalue weighted by atomic mass is 10.1. The van der Waals surface area contributed by atoms with Crippen LogP contribution >= 0.6 is 39.7 Å². The molecular formula is C16H16BrClN2S. The van der Waals surface area contributed by atoms with Crippen molar-refractivity contribution in [1.82, 2.24) is 4.90 Å². The summed E-state index contributed by atoms with van der Waals surface area (Å²) in [6, 6.07) is 14.0. The minimum atomic E-state index is 0.367. The summed E-state index contributed by atoms with van der Waals surface area (Å²) >= 11 is 14.7. The van der Waals surface area contributed by atoms with E-state index in [4.69, 9.17) is 29.6 Å². The zero-order chi connectivity index (χ0) is 15.4. The number of thiocarbonyl (C=S) groups is 1. The summed E-state index contributed by atoms with van der Waals surface area (Å²) in [6.45, 7) is 1.62. The van der Waals surface area contributed by atoms with Crippen molar-refractivity contribution in [1.29, 1.82) is 0 Å². The first kappa shape index (κ1) is 16.4.